The first kappa shape index (κ1) is 11.1. The first-order valence-corrected chi connectivity index (χ1v) is 5.42. The largest absolute Gasteiger partial charge is 0.372 e. The van der Waals surface area contributed by atoms with Gasteiger partial charge < -0.3 is 4.90 Å². The van der Waals surface area contributed by atoms with Crippen LogP contribution in [0, 0.1) is 20.8 Å². The van der Waals surface area contributed by atoms with Crippen LogP contribution < -0.4 is 4.90 Å². The van der Waals surface area contributed by atoms with Gasteiger partial charge in [-0.1, -0.05) is 6.07 Å². The minimum atomic E-state index is 1.08. The molecular weight excluding hydrogens is 170 g/mol. The van der Waals surface area contributed by atoms with Gasteiger partial charge in [-0.3, -0.25) is 0 Å². The van der Waals surface area contributed by atoms with E-state index in [9.17, 15) is 0 Å². The molecule has 1 rings (SSSR count). The van der Waals surface area contributed by atoms with Crippen molar-refractivity contribution in [2.24, 2.45) is 0 Å². The van der Waals surface area contributed by atoms with Crippen LogP contribution in [0.5, 0.6) is 0 Å². The lowest BCUT2D eigenvalue weighted by atomic mass is 10.0. The van der Waals surface area contributed by atoms with Crippen molar-refractivity contribution in [2.75, 3.05) is 18.0 Å². The van der Waals surface area contributed by atoms with Crippen molar-refractivity contribution in [2.45, 2.75) is 34.6 Å². The zero-order valence-electron chi connectivity index (χ0n) is 10.0. The average molecular weight is 191 g/mol. The molecule has 0 N–H and O–H groups in total. The summed E-state index contributed by atoms with van der Waals surface area (Å²) in [7, 11) is 0. The van der Waals surface area contributed by atoms with Gasteiger partial charge in [0.05, 0.1) is 0 Å². The lowest BCUT2D eigenvalue weighted by Crippen LogP contribution is -2.22. The molecule has 14 heavy (non-hydrogen) atoms. The van der Waals surface area contributed by atoms with Crippen LogP contribution in [0.4, 0.5) is 5.69 Å². The highest BCUT2D eigenvalue weighted by Crippen LogP contribution is 2.23. The van der Waals surface area contributed by atoms with Gasteiger partial charge in [-0.25, -0.2) is 0 Å². The summed E-state index contributed by atoms with van der Waals surface area (Å²) in [6.07, 6.45) is 0. The molecule has 0 aliphatic heterocycles. The summed E-state index contributed by atoms with van der Waals surface area (Å²) in [6, 6.07) is 4.58. The van der Waals surface area contributed by atoms with E-state index in [2.05, 4.69) is 51.7 Å². The molecule has 0 spiro atoms. The van der Waals surface area contributed by atoms with Crippen LogP contribution in [0.25, 0.3) is 0 Å². The Morgan fingerprint density at radius 1 is 0.857 bits per heavy atom. The van der Waals surface area contributed by atoms with Gasteiger partial charge in [0.15, 0.2) is 0 Å². The molecule has 0 aromatic heterocycles. The van der Waals surface area contributed by atoms with Gasteiger partial charge in [-0.2, -0.15) is 0 Å². The molecule has 0 aliphatic rings. The fraction of sp³-hybridized carbons (Fsp3) is 0.538. The second-order valence-electron chi connectivity index (χ2n) is 3.90. The highest BCUT2D eigenvalue weighted by molar-refractivity contribution is 5.56. The fourth-order valence-corrected chi connectivity index (χ4v) is 1.85. The highest BCUT2D eigenvalue weighted by Gasteiger charge is 2.06. The van der Waals surface area contributed by atoms with Crippen LogP contribution in [0.15, 0.2) is 12.1 Å². The number of aryl methyl sites for hydroxylation is 3. The molecule has 0 aliphatic carbocycles. The monoisotopic (exact) mass is 191 g/mol. The van der Waals surface area contributed by atoms with E-state index in [4.69, 9.17) is 0 Å². The number of nitrogens with zero attached hydrogens (tertiary/aromatic N) is 1. The number of anilines is 1. The molecule has 1 nitrogen and oxygen atoms in total. The van der Waals surface area contributed by atoms with E-state index >= 15 is 0 Å². The molecule has 0 saturated carbocycles. The summed E-state index contributed by atoms with van der Waals surface area (Å²) in [5, 5.41) is 0. The van der Waals surface area contributed by atoms with Crippen LogP contribution in [0.1, 0.15) is 30.5 Å². The van der Waals surface area contributed by atoms with Crippen molar-refractivity contribution < 1.29 is 0 Å². The normalized spacial score (nSPS) is 10.4. The number of benzene rings is 1. The SMILES string of the molecule is CCN(CC)c1cc(C)c(C)cc1C. The zero-order chi connectivity index (χ0) is 10.7. The molecule has 78 valence electrons. The van der Waals surface area contributed by atoms with Gasteiger partial charge in [-0.05, 0) is 57.4 Å². The third kappa shape index (κ3) is 2.09. The summed E-state index contributed by atoms with van der Waals surface area (Å²) < 4.78 is 0. The number of rotatable bonds is 3. The Hall–Kier alpha value is -0.980. The van der Waals surface area contributed by atoms with E-state index in [0.29, 0.717) is 0 Å². The molecule has 1 heteroatoms. The molecule has 0 fully saturated rings. The van der Waals surface area contributed by atoms with Crippen LogP contribution in [-0.4, -0.2) is 13.1 Å². The summed E-state index contributed by atoms with van der Waals surface area (Å²) >= 11 is 0. The Morgan fingerprint density at radius 3 is 1.86 bits per heavy atom. The Morgan fingerprint density at radius 2 is 1.36 bits per heavy atom. The minimum absolute atomic E-state index is 1.08. The van der Waals surface area contributed by atoms with Gasteiger partial charge in [0, 0.05) is 18.8 Å². The first-order valence-electron chi connectivity index (χ1n) is 5.42. The molecular formula is C13H21N. The molecule has 0 bridgehead atoms. The number of hydrogen-bond acceptors (Lipinski definition) is 1. The second kappa shape index (κ2) is 4.50. The van der Waals surface area contributed by atoms with Crippen molar-refractivity contribution in [3.8, 4) is 0 Å². The Kier molecular flexibility index (Phi) is 3.56. The van der Waals surface area contributed by atoms with Crippen molar-refractivity contribution in [3.05, 3.63) is 28.8 Å². The van der Waals surface area contributed by atoms with Crippen molar-refractivity contribution >= 4 is 5.69 Å². The predicted molar refractivity (Wildman–Crippen MR) is 64.2 cm³/mol. The van der Waals surface area contributed by atoms with Gasteiger partial charge in [-0.15, -0.1) is 0 Å². The van der Waals surface area contributed by atoms with E-state index < -0.39 is 0 Å². The van der Waals surface area contributed by atoms with Crippen LogP contribution >= 0.6 is 0 Å². The predicted octanol–water partition coefficient (Wildman–Crippen LogP) is 3.46. The second-order valence-corrected chi connectivity index (χ2v) is 3.90. The maximum absolute atomic E-state index is 2.40. The summed E-state index contributed by atoms with van der Waals surface area (Å²) in [6.45, 7) is 13.1. The zero-order valence-corrected chi connectivity index (χ0v) is 10.0. The first-order chi connectivity index (χ1) is 6.60. The maximum Gasteiger partial charge on any atom is 0.0398 e. The topological polar surface area (TPSA) is 3.24 Å². The Bertz CT molecular complexity index is 311. The lowest BCUT2D eigenvalue weighted by Gasteiger charge is -2.24. The molecule has 0 heterocycles. The van der Waals surface area contributed by atoms with Gasteiger partial charge >= 0.3 is 0 Å². The molecule has 0 radical (unpaired) electrons. The summed E-state index contributed by atoms with van der Waals surface area (Å²) in [5.41, 5.74) is 5.55. The van der Waals surface area contributed by atoms with Gasteiger partial charge in [0.2, 0.25) is 0 Å². The quantitative estimate of drug-likeness (QED) is 0.707. The maximum atomic E-state index is 2.40. The van der Waals surface area contributed by atoms with E-state index in [1.54, 1.807) is 0 Å². The van der Waals surface area contributed by atoms with E-state index in [-0.39, 0.29) is 0 Å². The smallest absolute Gasteiger partial charge is 0.0398 e. The molecule has 0 atom stereocenters. The molecule has 0 unspecified atom stereocenters. The third-order valence-corrected chi connectivity index (χ3v) is 2.92. The Labute approximate surface area is 87.7 Å². The fourth-order valence-electron chi connectivity index (χ4n) is 1.85. The minimum Gasteiger partial charge on any atom is -0.372 e. The molecule has 1 aromatic rings. The molecule has 0 amide bonds. The van der Waals surface area contributed by atoms with Crippen LogP contribution in [-0.2, 0) is 0 Å². The summed E-state index contributed by atoms with van der Waals surface area (Å²) in [5.74, 6) is 0. The van der Waals surface area contributed by atoms with Crippen molar-refractivity contribution in [3.63, 3.8) is 0 Å². The average Bonchev–Trinajstić information content (AvgIpc) is 2.15. The van der Waals surface area contributed by atoms with E-state index in [1.165, 1.54) is 22.4 Å². The summed E-state index contributed by atoms with van der Waals surface area (Å²) in [4.78, 5) is 2.40. The van der Waals surface area contributed by atoms with Crippen LogP contribution in [0.3, 0.4) is 0 Å². The lowest BCUT2D eigenvalue weighted by molar-refractivity contribution is 0.860. The van der Waals surface area contributed by atoms with Crippen LogP contribution in [0.2, 0.25) is 0 Å². The van der Waals surface area contributed by atoms with Gasteiger partial charge in [0.25, 0.3) is 0 Å². The van der Waals surface area contributed by atoms with Gasteiger partial charge in [0.1, 0.15) is 0 Å². The van der Waals surface area contributed by atoms with Crippen molar-refractivity contribution in [1.82, 2.24) is 0 Å². The molecule has 1 aromatic carbocycles. The standard InChI is InChI=1S/C13H21N/c1-6-14(7-2)13-9-11(4)10(3)8-12(13)5/h8-9H,6-7H2,1-5H3. The highest BCUT2D eigenvalue weighted by atomic mass is 15.1. The van der Waals surface area contributed by atoms with E-state index in [1.807, 2.05) is 0 Å². The van der Waals surface area contributed by atoms with Crippen molar-refractivity contribution in [1.29, 1.82) is 0 Å². The number of hydrogen-bond donors (Lipinski definition) is 0. The molecule has 0 saturated heterocycles. The van der Waals surface area contributed by atoms with E-state index in [0.717, 1.165) is 13.1 Å². The third-order valence-electron chi connectivity index (χ3n) is 2.92. The Balaban J connectivity index is 3.14.